The normalized spacial score (nSPS) is 28.2. The van der Waals surface area contributed by atoms with Crippen LogP contribution >= 0.6 is 0 Å². The fourth-order valence-electron chi connectivity index (χ4n) is 4.65. The van der Waals surface area contributed by atoms with Crippen LogP contribution in [0.1, 0.15) is 23.0 Å². The van der Waals surface area contributed by atoms with E-state index in [1.165, 1.54) is 0 Å². The first-order valence-electron chi connectivity index (χ1n) is 12.5. The number of ether oxygens (including phenoxy) is 5. The SMILES string of the molecule is C=CCS(=O)[C@H]1O[C@@H]2COC(c3ccccc3)O[C@H]2[C@H](OCc2ccccc2)[C@@H]1OCc1ccccc1. The molecule has 2 saturated heterocycles. The molecule has 0 aliphatic carbocycles. The molecule has 2 fully saturated rings. The van der Waals surface area contributed by atoms with Gasteiger partial charge in [-0.15, -0.1) is 6.58 Å². The van der Waals surface area contributed by atoms with Crippen LogP contribution in [0.5, 0.6) is 0 Å². The van der Waals surface area contributed by atoms with E-state index in [4.69, 9.17) is 23.7 Å². The molecule has 0 radical (unpaired) electrons. The lowest BCUT2D eigenvalue weighted by molar-refractivity contribution is -0.330. The van der Waals surface area contributed by atoms with Crippen LogP contribution in [0.25, 0.3) is 0 Å². The third kappa shape index (κ3) is 6.44. The Morgan fingerprint density at radius 2 is 1.38 bits per heavy atom. The van der Waals surface area contributed by atoms with E-state index >= 15 is 0 Å². The summed E-state index contributed by atoms with van der Waals surface area (Å²) in [4.78, 5) is 0. The highest BCUT2D eigenvalue weighted by Crippen LogP contribution is 2.37. The third-order valence-corrected chi connectivity index (χ3v) is 7.93. The summed E-state index contributed by atoms with van der Waals surface area (Å²) in [5, 5.41) is 0. The Morgan fingerprint density at radius 1 is 0.811 bits per heavy atom. The van der Waals surface area contributed by atoms with Crippen LogP contribution in [0, 0.1) is 0 Å². The Hall–Kier alpha value is -2.65. The molecular weight excluding hydrogens is 488 g/mol. The first-order valence-corrected chi connectivity index (χ1v) is 13.9. The van der Waals surface area contributed by atoms with E-state index in [9.17, 15) is 4.21 Å². The Balaban J connectivity index is 1.44. The molecular formula is C30H32O6S. The number of benzene rings is 3. The largest absolute Gasteiger partial charge is 0.368 e. The van der Waals surface area contributed by atoms with Gasteiger partial charge in [0.1, 0.15) is 24.4 Å². The van der Waals surface area contributed by atoms with Crippen molar-refractivity contribution in [2.45, 2.75) is 49.4 Å². The maximum atomic E-state index is 13.3. The zero-order valence-corrected chi connectivity index (χ0v) is 21.4. The van der Waals surface area contributed by atoms with Crippen LogP contribution in [-0.2, 0) is 47.7 Å². The molecule has 37 heavy (non-hydrogen) atoms. The van der Waals surface area contributed by atoms with Crippen LogP contribution in [0.15, 0.2) is 104 Å². The summed E-state index contributed by atoms with van der Waals surface area (Å²) in [6.07, 6.45) is -0.994. The lowest BCUT2D eigenvalue weighted by atomic mass is 9.98. The van der Waals surface area contributed by atoms with Gasteiger partial charge in [0.2, 0.25) is 0 Å². The summed E-state index contributed by atoms with van der Waals surface area (Å²) in [5.41, 5.74) is 2.24. The molecule has 0 spiro atoms. The van der Waals surface area contributed by atoms with Crippen molar-refractivity contribution in [3.05, 3.63) is 120 Å². The highest BCUT2D eigenvalue weighted by molar-refractivity contribution is 7.85. The molecule has 7 heteroatoms. The second-order valence-corrected chi connectivity index (χ2v) is 10.6. The van der Waals surface area contributed by atoms with Crippen molar-refractivity contribution >= 4 is 10.8 Å². The Labute approximate surface area is 220 Å². The molecule has 7 atom stereocenters. The number of hydrogen-bond acceptors (Lipinski definition) is 6. The molecule has 6 nitrogen and oxygen atoms in total. The fraction of sp³-hybridized carbons (Fsp3) is 0.333. The monoisotopic (exact) mass is 520 g/mol. The maximum absolute atomic E-state index is 13.3. The first-order chi connectivity index (χ1) is 18.2. The van der Waals surface area contributed by atoms with Gasteiger partial charge in [0, 0.05) is 11.3 Å². The van der Waals surface area contributed by atoms with Gasteiger partial charge in [0.15, 0.2) is 11.7 Å². The number of fused-ring (bicyclic) bond motifs is 1. The molecule has 3 aromatic carbocycles. The van der Waals surface area contributed by atoms with E-state index in [0.717, 1.165) is 16.7 Å². The van der Waals surface area contributed by atoms with Crippen molar-refractivity contribution in [3.63, 3.8) is 0 Å². The molecule has 0 N–H and O–H groups in total. The van der Waals surface area contributed by atoms with Crippen LogP contribution in [0.3, 0.4) is 0 Å². The molecule has 2 heterocycles. The van der Waals surface area contributed by atoms with Gasteiger partial charge in [0.25, 0.3) is 0 Å². The minimum atomic E-state index is -1.38. The van der Waals surface area contributed by atoms with Crippen LogP contribution in [-0.4, -0.2) is 46.4 Å². The van der Waals surface area contributed by atoms with Gasteiger partial charge in [-0.2, -0.15) is 0 Å². The highest BCUT2D eigenvalue weighted by atomic mass is 32.2. The molecule has 2 unspecified atom stereocenters. The van der Waals surface area contributed by atoms with Crippen molar-refractivity contribution in [1.82, 2.24) is 0 Å². The predicted octanol–water partition coefficient (Wildman–Crippen LogP) is 4.93. The lowest BCUT2D eigenvalue weighted by Crippen LogP contribution is -2.64. The zero-order valence-electron chi connectivity index (χ0n) is 20.6. The average molecular weight is 521 g/mol. The number of rotatable bonds is 10. The molecule has 3 aromatic rings. The van der Waals surface area contributed by atoms with Crippen molar-refractivity contribution in [2.75, 3.05) is 12.4 Å². The Kier molecular flexibility index (Phi) is 8.94. The molecule has 0 bridgehead atoms. The topological polar surface area (TPSA) is 63.2 Å². The van der Waals surface area contributed by atoms with Gasteiger partial charge in [-0.3, -0.25) is 4.21 Å². The second kappa shape index (κ2) is 12.7. The molecule has 0 amide bonds. The zero-order chi connectivity index (χ0) is 25.5. The lowest BCUT2D eigenvalue weighted by Gasteiger charge is -2.49. The quantitative estimate of drug-likeness (QED) is 0.353. The van der Waals surface area contributed by atoms with Crippen LogP contribution in [0.2, 0.25) is 0 Å². The van der Waals surface area contributed by atoms with Crippen LogP contribution in [0.4, 0.5) is 0 Å². The number of hydrogen-bond donors (Lipinski definition) is 0. The first kappa shape index (κ1) is 26.0. The van der Waals surface area contributed by atoms with E-state index in [2.05, 4.69) is 6.58 Å². The predicted molar refractivity (Wildman–Crippen MR) is 142 cm³/mol. The fourth-order valence-corrected chi connectivity index (χ4v) is 5.87. The van der Waals surface area contributed by atoms with Crippen molar-refractivity contribution < 1.29 is 27.9 Å². The smallest absolute Gasteiger partial charge is 0.184 e. The van der Waals surface area contributed by atoms with Crippen molar-refractivity contribution in [3.8, 4) is 0 Å². The van der Waals surface area contributed by atoms with Crippen molar-refractivity contribution in [1.29, 1.82) is 0 Å². The molecule has 194 valence electrons. The summed E-state index contributed by atoms with van der Waals surface area (Å²) in [6, 6.07) is 29.7. The van der Waals surface area contributed by atoms with Gasteiger partial charge >= 0.3 is 0 Å². The second-order valence-electron chi connectivity index (χ2n) is 9.08. The highest BCUT2D eigenvalue weighted by Gasteiger charge is 2.52. The maximum Gasteiger partial charge on any atom is 0.184 e. The molecule has 0 saturated carbocycles. The van der Waals surface area contributed by atoms with E-state index < -0.39 is 46.9 Å². The summed E-state index contributed by atoms with van der Waals surface area (Å²) in [6.45, 7) is 4.75. The van der Waals surface area contributed by atoms with Crippen molar-refractivity contribution in [2.24, 2.45) is 0 Å². The minimum Gasteiger partial charge on any atom is -0.368 e. The van der Waals surface area contributed by atoms with E-state index in [0.29, 0.717) is 19.8 Å². The van der Waals surface area contributed by atoms with Gasteiger partial charge in [-0.05, 0) is 11.1 Å². The molecule has 2 aliphatic heterocycles. The van der Waals surface area contributed by atoms with Crippen LogP contribution < -0.4 is 0 Å². The van der Waals surface area contributed by atoms with Gasteiger partial charge < -0.3 is 23.7 Å². The van der Waals surface area contributed by atoms with E-state index in [1.807, 2.05) is 91.0 Å². The van der Waals surface area contributed by atoms with Gasteiger partial charge in [-0.1, -0.05) is 97.1 Å². The average Bonchev–Trinajstić information content (AvgIpc) is 2.96. The summed E-state index contributed by atoms with van der Waals surface area (Å²) < 4.78 is 45.2. The standard InChI is InChI=1S/C30H32O6S/c1-2-18-37(31)30-28(33-20-23-14-8-4-9-15-23)27(32-19-22-12-6-3-7-13-22)26-25(35-30)21-34-29(36-26)24-16-10-5-11-17-24/h2-17,25-30H,1,18-21H2/t25-,26-,27+,28+,29?,30-,37?/m1/s1. The Morgan fingerprint density at radius 3 is 1.97 bits per heavy atom. The summed E-state index contributed by atoms with van der Waals surface area (Å²) in [7, 11) is -1.38. The third-order valence-electron chi connectivity index (χ3n) is 6.47. The van der Waals surface area contributed by atoms with E-state index in [1.54, 1.807) is 6.08 Å². The molecule has 2 aliphatic rings. The van der Waals surface area contributed by atoms with Gasteiger partial charge in [0.05, 0.1) is 30.6 Å². The summed E-state index contributed by atoms with van der Waals surface area (Å²) >= 11 is 0. The summed E-state index contributed by atoms with van der Waals surface area (Å²) in [5.74, 6) is 0.285. The Bertz CT molecular complexity index is 1140. The minimum absolute atomic E-state index is 0.285. The van der Waals surface area contributed by atoms with E-state index in [-0.39, 0.29) is 5.75 Å². The molecule has 5 rings (SSSR count). The van der Waals surface area contributed by atoms with Gasteiger partial charge in [-0.25, -0.2) is 0 Å². The molecule has 0 aromatic heterocycles.